The minimum Gasteiger partial charge on any atom is -0.399 e. The van der Waals surface area contributed by atoms with Crippen molar-refractivity contribution in [3.63, 3.8) is 0 Å². The van der Waals surface area contributed by atoms with Crippen LogP contribution in [0.3, 0.4) is 0 Å². The summed E-state index contributed by atoms with van der Waals surface area (Å²) in [4.78, 5) is 17.7. The van der Waals surface area contributed by atoms with Crippen molar-refractivity contribution in [2.75, 3.05) is 11.1 Å². The molecule has 0 fully saturated rings. The van der Waals surface area contributed by atoms with Crippen molar-refractivity contribution in [2.24, 2.45) is 0 Å². The molecule has 2 aromatic carbocycles. The zero-order chi connectivity index (χ0) is 16.2. The highest BCUT2D eigenvalue weighted by Crippen LogP contribution is 2.25. The fourth-order valence-electron chi connectivity index (χ4n) is 2.19. The van der Waals surface area contributed by atoms with Crippen LogP contribution in [0.25, 0.3) is 10.9 Å². The van der Waals surface area contributed by atoms with Gasteiger partial charge in [0.1, 0.15) is 0 Å². The summed E-state index contributed by atoms with van der Waals surface area (Å²) in [6.07, 6.45) is 1.68. The van der Waals surface area contributed by atoms with Crippen molar-refractivity contribution in [3.05, 3.63) is 60.8 Å². The molecule has 1 atom stereocenters. The number of para-hydroxylation sites is 1. The summed E-state index contributed by atoms with van der Waals surface area (Å²) in [6.45, 7) is 1.88. The standard InChI is InChI=1S/C18H17N3OS/c1-12(23-16-8-6-14(19)7-9-16)18(22)21-15-10-13-4-2-3-5-17(13)20-11-15/h2-12H,19H2,1H3,(H,21,22). The number of nitrogens with two attached hydrogens (primary N) is 1. The van der Waals surface area contributed by atoms with Crippen LogP contribution in [-0.2, 0) is 4.79 Å². The first kappa shape index (κ1) is 15.4. The maximum absolute atomic E-state index is 12.3. The molecule has 0 spiro atoms. The van der Waals surface area contributed by atoms with Crippen molar-refractivity contribution in [1.29, 1.82) is 0 Å². The predicted molar refractivity (Wildman–Crippen MR) is 96.5 cm³/mol. The molecule has 0 aliphatic carbocycles. The molecule has 4 nitrogen and oxygen atoms in total. The Morgan fingerprint density at radius 2 is 1.91 bits per heavy atom. The van der Waals surface area contributed by atoms with E-state index in [2.05, 4.69) is 10.3 Å². The summed E-state index contributed by atoms with van der Waals surface area (Å²) < 4.78 is 0. The van der Waals surface area contributed by atoms with Gasteiger partial charge in [-0.1, -0.05) is 18.2 Å². The van der Waals surface area contributed by atoms with E-state index >= 15 is 0 Å². The van der Waals surface area contributed by atoms with Crippen LogP contribution in [0.1, 0.15) is 6.92 Å². The average molecular weight is 323 g/mol. The Morgan fingerprint density at radius 3 is 2.70 bits per heavy atom. The number of carbonyl (C=O) groups is 1. The third-order valence-electron chi connectivity index (χ3n) is 3.42. The molecule has 0 aliphatic rings. The Morgan fingerprint density at radius 1 is 1.17 bits per heavy atom. The highest BCUT2D eigenvalue weighted by molar-refractivity contribution is 8.00. The van der Waals surface area contributed by atoms with E-state index in [9.17, 15) is 4.79 Å². The van der Waals surface area contributed by atoms with Crippen molar-refractivity contribution in [3.8, 4) is 0 Å². The van der Waals surface area contributed by atoms with Crippen molar-refractivity contribution < 1.29 is 4.79 Å². The second kappa shape index (κ2) is 6.71. The average Bonchev–Trinajstić information content (AvgIpc) is 2.56. The van der Waals surface area contributed by atoms with Gasteiger partial charge in [-0.2, -0.15) is 0 Å². The number of benzene rings is 2. The summed E-state index contributed by atoms with van der Waals surface area (Å²) in [6, 6.07) is 17.3. The first-order valence-electron chi connectivity index (χ1n) is 7.30. The lowest BCUT2D eigenvalue weighted by molar-refractivity contribution is -0.115. The molecule has 0 aliphatic heterocycles. The highest BCUT2D eigenvalue weighted by Gasteiger charge is 2.14. The number of hydrogen-bond acceptors (Lipinski definition) is 4. The number of hydrogen-bond donors (Lipinski definition) is 2. The topological polar surface area (TPSA) is 68.0 Å². The van der Waals surface area contributed by atoms with E-state index in [-0.39, 0.29) is 11.2 Å². The lowest BCUT2D eigenvalue weighted by Gasteiger charge is -2.12. The normalized spacial score (nSPS) is 12.0. The first-order chi connectivity index (χ1) is 11.1. The van der Waals surface area contributed by atoms with E-state index in [4.69, 9.17) is 5.73 Å². The van der Waals surface area contributed by atoms with Gasteiger partial charge in [-0.05, 0) is 43.3 Å². The van der Waals surface area contributed by atoms with E-state index in [1.807, 2.05) is 61.5 Å². The van der Waals surface area contributed by atoms with Gasteiger partial charge >= 0.3 is 0 Å². The van der Waals surface area contributed by atoms with Gasteiger partial charge in [0.05, 0.1) is 22.7 Å². The Kier molecular flexibility index (Phi) is 4.48. The Bertz CT molecular complexity index is 833. The summed E-state index contributed by atoms with van der Waals surface area (Å²) in [5, 5.41) is 3.70. The second-order valence-corrected chi connectivity index (χ2v) is 6.65. The van der Waals surface area contributed by atoms with Gasteiger partial charge in [0, 0.05) is 16.0 Å². The van der Waals surface area contributed by atoms with Crippen LogP contribution in [0, 0.1) is 0 Å². The molecule has 3 aromatic rings. The fourth-order valence-corrected chi connectivity index (χ4v) is 3.05. The molecule has 0 saturated carbocycles. The number of aromatic nitrogens is 1. The Labute approximate surface area is 139 Å². The molecule has 0 saturated heterocycles. The summed E-state index contributed by atoms with van der Waals surface area (Å²) in [7, 11) is 0. The summed E-state index contributed by atoms with van der Waals surface area (Å²) >= 11 is 1.50. The van der Waals surface area contributed by atoms with E-state index in [1.165, 1.54) is 11.8 Å². The van der Waals surface area contributed by atoms with Gasteiger partial charge in [-0.15, -0.1) is 11.8 Å². The number of rotatable bonds is 4. The number of fused-ring (bicyclic) bond motifs is 1. The molecule has 116 valence electrons. The maximum Gasteiger partial charge on any atom is 0.237 e. The summed E-state index contributed by atoms with van der Waals surface area (Å²) in [5.41, 5.74) is 8.00. The van der Waals surface area contributed by atoms with E-state index < -0.39 is 0 Å². The zero-order valence-electron chi connectivity index (χ0n) is 12.7. The smallest absolute Gasteiger partial charge is 0.237 e. The molecule has 3 N–H and O–H groups in total. The van der Waals surface area contributed by atoms with Gasteiger partial charge in [-0.3, -0.25) is 9.78 Å². The minimum absolute atomic E-state index is 0.0519. The van der Waals surface area contributed by atoms with Crippen LogP contribution in [0.5, 0.6) is 0 Å². The molecule has 1 heterocycles. The monoisotopic (exact) mass is 323 g/mol. The van der Waals surface area contributed by atoms with Gasteiger partial charge < -0.3 is 11.1 Å². The predicted octanol–water partition coefficient (Wildman–Crippen LogP) is 3.94. The number of nitrogen functional groups attached to an aromatic ring is 1. The van der Waals surface area contributed by atoms with Crippen molar-refractivity contribution in [2.45, 2.75) is 17.1 Å². The van der Waals surface area contributed by atoms with Crippen LogP contribution < -0.4 is 11.1 Å². The number of pyridine rings is 1. The van der Waals surface area contributed by atoms with Gasteiger partial charge in [0.2, 0.25) is 5.91 Å². The molecule has 5 heteroatoms. The lowest BCUT2D eigenvalue weighted by Crippen LogP contribution is -2.22. The largest absolute Gasteiger partial charge is 0.399 e. The highest BCUT2D eigenvalue weighted by atomic mass is 32.2. The maximum atomic E-state index is 12.3. The van der Waals surface area contributed by atoms with Gasteiger partial charge in [-0.25, -0.2) is 0 Å². The van der Waals surface area contributed by atoms with E-state index in [0.717, 1.165) is 15.8 Å². The quantitative estimate of drug-likeness (QED) is 0.564. The third kappa shape index (κ3) is 3.81. The number of nitrogens with zero attached hydrogens (tertiary/aromatic N) is 1. The summed E-state index contributed by atoms with van der Waals surface area (Å²) in [5.74, 6) is -0.0519. The lowest BCUT2D eigenvalue weighted by atomic mass is 10.2. The van der Waals surface area contributed by atoms with E-state index in [0.29, 0.717) is 11.4 Å². The van der Waals surface area contributed by atoms with Gasteiger partial charge in [0.25, 0.3) is 0 Å². The molecule has 3 rings (SSSR count). The van der Waals surface area contributed by atoms with E-state index in [1.54, 1.807) is 6.20 Å². The molecule has 0 radical (unpaired) electrons. The fraction of sp³-hybridized carbons (Fsp3) is 0.111. The van der Waals surface area contributed by atoms with Crippen LogP contribution in [0.4, 0.5) is 11.4 Å². The SMILES string of the molecule is CC(Sc1ccc(N)cc1)C(=O)Nc1cnc2ccccc2c1. The molecular weight excluding hydrogens is 306 g/mol. The minimum atomic E-state index is -0.218. The van der Waals surface area contributed by atoms with Crippen LogP contribution in [0.15, 0.2) is 65.7 Å². The van der Waals surface area contributed by atoms with Gasteiger partial charge in [0.15, 0.2) is 0 Å². The van der Waals surface area contributed by atoms with Crippen molar-refractivity contribution in [1.82, 2.24) is 4.98 Å². The van der Waals surface area contributed by atoms with Crippen LogP contribution in [0.2, 0.25) is 0 Å². The molecule has 1 amide bonds. The molecular formula is C18H17N3OS. The molecule has 23 heavy (non-hydrogen) atoms. The number of carbonyl (C=O) groups excluding carboxylic acids is 1. The van der Waals surface area contributed by atoms with Crippen LogP contribution >= 0.6 is 11.8 Å². The number of anilines is 2. The van der Waals surface area contributed by atoms with Crippen LogP contribution in [-0.4, -0.2) is 16.1 Å². The third-order valence-corrected chi connectivity index (χ3v) is 4.53. The zero-order valence-corrected chi connectivity index (χ0v) is 13.5. The Hall–Kier alpha value is -2.53. The van der Waals surface area contributed by atoms with Crippen molar-refractivity contribution >= 4 is 39.9 Å². The Balaban J connectivity index is 1.68. The second-order valence-electron chi connectivity index (χ2n) is 5.24. The molecule has 1 unspecified atom stereocenters. The molecule has 0 bridgehead atoms. The number of nitrogens with one attached hydrogen (secondary N) is 1. The number of amides is 1. The first-order valence-corrected chi connectivity index (χ1v) is 8.17. The number of thioether (sulfide) groups is 1. The molecule has 1 aromatic heterocycles.